The van der Waals surface area contributed by atoms with Gasteiger partial charge in [0.05, 0.1) is 0 Å². The lowest BCUT2D eigenvalue weighted by atomic mass is 9.87. The number of hydrogen-bond donors (Lipinski definition) is 0. The third kappa shape index (κ3) is 4.49. The summed E-state index contributed by atoms with van der Waals surface area (Å²) in [5.41, 5.74) is 1.40. The van der Waals surface area contributed by atoms with Gasteiger partial charge < -0.3 is 9.64 Å². The average molecular weight is 303 g/mol. The lowest BCUT2D eigenvalue weighted by Crippen LogP contribution is -2.41. The van der Waals surface area contributed by atoms with Crippen molar-refractivity contribution < 1.29 is 9.53 Å². The van der Waals surface area contributed by atoms with E-state index in [-0.39, 0.29) is 11.3 Å². The summed E-state index contributed by atoms with van der Waals surface area (Å²) in [7, 11) is 0. The van der Waals surface area contributed by atoms with E-state index >= 15 is 0 Å². The molecule has 1 saturated heterocycles. The molecule has 1 aliphatic heterocycles. The number of carbonyl (C=O) groups excluding carboxylic acids is 1. The van der Waals surface area contributed by atoms with E-state index in [4.69, 9.17) is 4.74 Å². The molecule has 22 heavy (non-hydrogen) atoms. The molecule has 1 unspecified atom stereocenters. The Morgan fingerprint density at radius 3 is 2.09 bits per heavy atom. The maximum absolute atomic E-state index is 12.5. The van der Waals surface area contributed by atoms with Gasteiger partial charge in [-0.05, 0) is 42.9 Å². The number of ether oxygens (including phenoxy) is 1. The summed E-state index contributed by atoms with van der Waals surface area (Å²) in [5.74, 6) is 0.880. The van der Waals surface area contributed by atoms with Crippen LogP contribution in [0, 0.1) is 0 Å². The van der Waals surface area contributed by atoms with Crippen LogP contribution in [-0.4, -0.2) is 30.0 Å². The summed E-state index contributed by atoms with van der Waals surface area (Å²) in [4.78, 5) is 14.4. The maximum atomic E-state index is 12.5. The molecule has 0 N–H and O–H groups in total. The summed E-state index contributed by atoms with van der Waals surface area (Å²) >= 11 is 0. The molecule has 1 heterocycles. The van der Waals surface area contributed by atoms with E-state index < -0.39 is 6.10 Å². The van der Waals surface area contributed by atoms with Crippen LogP contribution in [0.1, 0.15) is 58.9 Å². The molecule has 0 radical (unpaired) electrons. The molecule has 0 saturated carbocycles. The summed E-state index contributed by atoms with van der Waals surface area (Å²) in [6, 6.07) is 8.09. The molecular formula is C19H29NO2. The minimum atomic E-state index is -0.418. The molecule has 3 heteroatoms. The van der Waals surface area contributed by atoms with Crippen LogP contribution in [-0.2, 0) is 10.2 Å². The number of amides is 1. The average Bonchev–Trinajstić information content (AvgIpc) is 2.75. The first-order valence-electron chi connectivity index (χ1n) is 8.44. The van der Waals surface area contributed by atoms with Gasteiger partial charge in [-0.15, -0.1) is 0 Å². The zero-order valence-electron chi connectivity index (χ0n) is 14.4. The van der Waals surface area contributed by atoms with Crippen LogP contribution in [0.5, 0.6) is 5.75 Å². The van der Waals surface area contributed by atoms with Crippen LogP contribution in [0.3, 0.4) is 0 Å². The SMILES string of the molecule is CC(Oc1ccc(C(C)(C)C)cc1)C(=O)N1CCCCCC1. The lowest BCUT2D eigenvalue weighted by molar-refractivity contribution is -0.137. The summed E-state index contributed by atoms with van der Waals surface area (Å²) in [6.45, 7) is 10.2. The quantitative estimate of drug-likeness (QED) is 0.839. The van der Waals surface area contributed by atoms with Gasteiger partial charge in [0.15, 0.2) is 6.10 Å². The maximum Gasteiger partial charge on any atom is 0.263 e. The molecule has 1 aromatic carbocycles. The van der Waals surface area contributed by atoms with Gasteiger partial charge in [-0.3, -0.25) is 4.79 Å². The number of hydrogen-bond acceptors (Lipinski definition) is 2. The molecule has 2 rings (SSSR count). The molecule has 1 aliphatic rings. The predicted molar refractivity (Wildman–Crippen MR) is 90.3 cm³/mol. The van der Waals surface area contributed by atoms with E-state index in [1.165, 1.54) is 18.4 Å². The highest BCUT2D eigenvalue weighted by molar-refractivity contribution is 5.80. The van der Waals surface area contributed by atoms with Gasteiger partial charge in [-0.2, -0.15) is 0 Å². The van der Waals surface area contributed by atoms with E-state index in [0.717, 1.165) is 31.7 Å². The van der Waals surface area contributed by atoms with E-state index in [1.807, 2.05) is 24.0 Å². The van der Waals surface area contributed by atoms with Crippen molar-refractivity contribution in [2.75, 3.05) is 13.1 Å². The van der Waals surface area contributed by atoms with Crippen LogP contribution in [0.15, 0.2) is 24.3 Å². The van der Waals surface area contributed by atoms with Crippen LogP contribution < -0.4 is 4.74 Å². The van der Waals surface area contributed by atoms with Gasteiger partial charge in [-0.1, -0.05) is 45.7 Å². The second kappa shape index (κ2) is 7.17. The van der Waals surface area contributed by atoms with E-state index in [1.54, 1.807) is 0 Å². The Morgan fingerprint density at radius 1 is 1.05 bits per heavy atom. The second-order valence-corrected chi connectivity index (χ2v) is 7.27. The van der Waals surface area contributed by atoms with Gasteiger partial charge in [0, 0.05) is 13.1 Å². The number of nitrogens with zero attached hydrogens (tertiary/aromatic N) is 1. The molecular weight excluding hydrogens is 274 g/mol. The highest BCUT2D eigenvalue weighted by Crippen LogP contribution is 2.25. The highest BCUT2D eigenvalue weighted by Gasteiger charge is 2.23. The molecule has 0 aromatic heterocycles. The number of rotatable bonds is 3. The molecule has 1 atom stereocenters. The Morgan fingerprint density at radius 2 is 1.59 bits per heavy atom. The molecule has 1 amide bonds. The molecule has 3 nitrogen and oxygen atoms in total. The summed E-state index contributed by atoms with van der Waals surface area (Å²) < 4.78 is 5.85. The Labute approximate surface area is 134 Å². The topological polar surface area (TPSA) is 29.5 Å². The number of likely N-dealkylation sites (tertiary alicyclic amines) is 1. The van der Waals surface area contributed by atoms with Crippen molar-refractivity contribution in [2.45, 2.75) is 64.9 Å². The normalized spacial score (nSPS) is 17.7. The van der Waals surface area contributed by atoms with Crippen molar-refractivity contribution in [3.8, 4) is 5.75 Å². The zero-order valence-corrected chi connectivity index (χ0v) is 14.4. The van der Waals surface area contributed by atoms with Gasteiger partial charge in [0.25, 0.3) is 5.91 Å². The van der Waals surface area contributed by atoms with Crippen LogP contribution >= 0.6 is 0 Å². The summed E-state index contributed by atoms with van der Waals surface area (Å²) in [6.07, 6.45) is 4.26. The molecule has 1 fully saturated rings. The molecule has 0 bridgehead atoms. The molecule has 1 aromatic rings. The first-order valence-corrected chi connectivity index (χ1v) is 8.44. The fourth-order valence-electron chi connectivity index (χ4n) is 2.84. The largest absolute Gasteiger partial charge is 0.481 e. The van der Waals surface area contributed by atoms with Crippen molar-refractivity contribution >= 4 is 5.91 Å². The predicted octanol–water partition coefficient (Wildman–Crippen LogP) is 4.15. The van der Waals surface area contributed by atoms with Crippen molar-refractivity contribution in [3.05, 3.63) is 29.8 Å². The fraction of sp³-hybridized carbons (Fsp3) is 0.632. The Hall–Kier alpha value is -1.51. The smallest absolute Gasteiger partial charge is 0.263 e. The number of benzene rings is 1. The lowest BCUT2D eigenvalue weighted by Gasteiger charge is -2.25. The van der Waals surface area contributed by atoms with E-state index in [9.17, 15) is 4.79 Å². The van der Waals surface area contributed by atoms with Crippen molar-refractivity contribution in [1.82, 2.24) is 4.90 Å². The molecule has 0 aliphatic carbocycles. The van der Waals surface area contributed by atoms with Crippen LogP contribution in [0.4, 0.5) is 0 Å². The second-order valence-electron chi connectivity index (χ2n) is 7.27. The van der Waals surface area contributed by atoms with E-state index in [2.05, 4.69) is 32.9 Å². The monoisotopic (exact) mass is 303 g/mol. The Balaban J connectivity index is 1.95. The minimum absolute atomic E-state index is 0.113. The van der Waals surface area contributed by atoms with Crippen molar-refractivity contribution in [1.29, 1.82) is 0 Å². The number of carbonyl (C=O) groups is 1. The fourth-order valence-corrected chi connectivity index (χ4v) is 2.84. The Kier molecular flexibility index (Phi) is 5.49. The standard InChI is InChI=1S/C19H29NO2/c1-15(18(21)20-13-7-5-6-8-14-20)22-17-11-9-16(10-12-17)19(2,3)4/h9-12,15H,5-8,13-14H2,1-4H3. The third-order valence-electron chi connectivity index (χ3n) is 4.30. The van der Waals surface area contributed by atoms with Crippen molar-refractivity contribution in [2.24, 2.45) is 0 Å². The van der Waals surface area contributed by atoms with Crippen molar-refractivity contribution in [3.63, 3.8) is 0 Å². The van der Waals surface area contributed by atoms with Crippen LogP contribution in [0.25, 0.3) is 0 Å². The summed E-state index contributed by atoms with van der Waals surface area (Å²) in [5, 5.41) is 0. The van der Waals surface area contributed by atoms with Crippen LogP contribution in [0.2, 0.25) is 0 Å². The van der Waals surface area contributed by atoms with Gasteiger partial charge in [-0.25, -0.2) is 0 Å². The van der Waals surface area contributed by atoms with Gasteiger partial charge >= 0.3 is 0 Å². The van der Waals surface area contributed by atoms with Gasteiger partial charge in [0.2, 0.25) is 0 Å². The van der Waals surface area contributed by atoms with Gasteiger partial charge in [0.1, 0.15) is 5.75 Å². The first-order chi connectivity index (χ1) is 10.4. The Bertz CT molecular complexity index is 479. The highest BCUT2D eigenvalue weighted by atomic mass is 16.5. The molecule has 0 spiro atoms. The first kappa shape index (κ1) is 16.9. The van der Waals surface area contributed by atoms with E-state index in [0.29, 0.717) is 0 Å². The molecule has 122 valence electrons. The zero-order chi connectivity index (χ0) is 16.2. The minimum Gasteiger partial charge on any atom is -0.481 e. The third-order valence-corrected chi connectivity index (χ3v) is 4.30.